The SMILES string of the molecule is CN1CCC(CN(C)c2cnccc2C(=O)O)CC1. The summed E-state index contributed by atoms with van der Waals surface area (Å²) in [6.07, 6.45) is 5.50. The van der Waals surface area contributed by atoms with Gasteiger partial charge >= 0.3 is 5.97 Å². The molecule has 1 saturated heterocycles. The van der Waals surface area contributed by atoms with Gasteiger partial charge in [-0.2, -0.15) is 0 Å². The summed E-state index contributed by atoms with van der Waals surface area (Å²) in [7, 11) is 4.09. The molecule has 5 heteroatoms. The second kappa shape index (κ2) is 6.02. The van der Waals surface area contributed by atoms with Crippen molar-refractivity contribution < 1.29 is 9.90 Å². The number of rotatable bonds is 4. The molecular weight excluding hydrogens is 242 g/mol. The van der Waals surface area contributed by atoms with E-state index < -0.39 is 5.97 Å². The first-order valence-electron chi connectivity index (χ1n) is 6.65. The molecule has 5 nitrogen and oxygen atoms in total. The van der Waals surface area contributed by atoms with E-state index in [1.54, 1.807) is 12.3 Å². The Bertz CT molecular complexity index is 442. The highest BCUT2D eigenvalue weighted by Gasteiger charge is 2.20. The summed E-state index contributed by atoms with van der Waals surface area (Å²) in [6, 6.07) is 1.56. The van der Waals surface area contributed by atoms with E-state index in [-0.39, 0.29) is 0 Å². The van der Waals surface area contributed by atoms with E-state index in [1.807, 2.05) is 11.9 Å². The molecule has 0 radical (unpaired) electrons. The van der Waals surface area contributed by atoms with E-state index in [0.29, 0.717) is 17.2 Å². The predicted octanol–water partition coefficient (Wildman–Crippen LogP) is 1.56. The maximum absolute atomic E-state index is 11.2. The molecule has 1 aromatic rings. The average Bonchev–Trinajstić information content (AvgIpc) is 2.41. The van der Waals surface area contributed by atoms with Crippen LogP contribution >= 0.6 is 0 Å². The van der Waals surface area contributed by atoms with E-state index >= 15 is 0 Å². The molecule has 2 heterocycles. The molecule has 0 amide bonds. The van der Waals surface area contributed by atoms with Gasteiger partial charge in [-0.25, -0.2) is 4.79 Å². The van der Waals surface area contributed by atoms with Crippen molar-refractivity contribution in [1.29, 1.82) is 0 Å². The van der Waals surface area contributed by atoms with Gasteiger partial charge in [-0.05, 0) is 45.0 Å². The Balaban J connectivity index is 2.03. The summed E-state index contributed by atoms with van der Waals surface area (Å²) < 4.78 is 0. The molecule has 1 aliphatic rings. The summed E-state index contributed by atoms with van der Waals surface area (Å²) in [4.78, 5) is 19.6. The van der Waals surface area contributed by atoms with Gasteiger partial charge in [0.05, 0.1) is 17.4 Å². The molecule has 0 spiro atoms. The number of hydrogen-bond acceptors (Lipinski definition) is 4. The van der Waals surface area contributed by atoms with Gasteiger partial charge < -0.3 is 14.9 Å². The van der Waals surface area contributed by atoms with E-state index in [4.69, 9.17) is 0 Å². The smallest absolute Gasteiger partial charge is 0.337 e. The highest BCUT2D eigenvalue weighted by atomic mass is 16.4. The van der Waals surface area contributed by atoms with Crippen LogP contribution in [0.5, 0.6) is 0 Å². The molecule has 0 saturated carbocycles. The first kappa shape index (κ1) is 13.8. The lowest BCUT2D eigenvalue weighted by Crippen LogP contribution is -2.36. The van der Waals surface area contributed by atoms with Crippen LogP contribution in [0.25, 0.3) is 0 Å². The quantitative estimate of drug-likeness (QED) is 0.893. The third-order valence-electron chi connectivity index (χ3n) is 3.81. The Kier molecular flexibility index (Phi) is 4.37. The van der Waals surface area contributed by atoms with Crippen LogP contribution in [0.15, 0.2) is 18.5 Å². The molecule has 1 fully saturated rings. The Hall–Kier alpha value is -1.62. The highest BCUT2D eigenvalue weighted by molar-refractivity contribution is 5.94. The molecule has 0 aromatic carbocycles. The molecule has 1 aliphatic heterocycles. The van der Waals surface area contributed by atoms with Crippen LogP contribution in [0, 0.1) is 5.92 Å². The van der Waals surface area contributed by atoms with Crippen LogP contribution in [0.2, 0.25) is 0 Å². The molecule has 0 atom stereocenters. The Labute approximate surface area is 113 Å². The number of piperidine rings is 1. The van der Waals surface area contributed by atoms with E-state index in [0.717, 1.165) is 19.6 Å². The third-order valence-corrected chi connectivity index (χ3v) is 3.81. The lowest BCUT2D eigenvalue weighted by atomic mass is 9.96. The summed E-state index contributed by atoms with van der Waals surface area (Å²) in [5, 5.41) is 9.19. The Morgan fingerprint density at radius 2 is 2.21 bits per heavy atom. The number of nitrogens with zero attached hydrogens (tertiary/aromatic N) is 3. The summed E-state index contributed by atoms with van der Waals surface area (Å²) >= 11 is 0. The lowest BCUT2D eigenvalue weighted by Gasteiger charge is -2.32. The largest absolute Gasteiger partial charge is 0.478 e. The molecule has 0 aliphatic carbocycles. The monoisotopic (exact) mass is 263 g/mol. The minimum Gasteiger partial charge on any atom is -0.478 e. The van der Waals surface area contributed by atoms with Gasteiger partial charge in [0.1, 0.15) is 0 Å². The average molecular weight is 263 g/mol. The first-order chi connectivity index (χ1) is 9.08. The number of carboxylic acids is 1. The summed E-state index contributed by atoms with van der Waals surface area (Å²) in [6.45, 7) is 3.13. The predicted molar refractivity (Wildman–Crippen MR) is 74.7 cm³/mol. The zero-order valence-corrected chi connectivity index (χ0v) is 11.5. The van der Waals surface area contributed by atoms with Gasteiger partial charge in [-0.15, -0.1) is 0 Å². The fraction of sp³-hybridized carbons (Fsp3) is 0.571. The fourth-order valence-corrected chi connectivity index (χ4v) is 2.60. The molecule has 2 rings (SSSR count). The van der Waals surface area contributed by atoms with Gasteiger partial charge in [-0.3, -0.25) is 4.98 Å². The summed E-state index contributed by atoms with van der Waals surface area (Å²) in [5.74, 6) is -0.268. The third kappa shape index (κ3) is 3.44. The standard InChI is InChI=1S/C14H21N3O2/c1-16-7-4-11(5-8-16)10-17(2)13-9-15-6-3-12(13)14(18)19/h3,6,9,11H,4-5,7-8,10H2,1-2H3,(H,18,19). The molecule has 104 valence electrons. The van der Waals surface area contributed by atoms with Crippen molar-refractivity contribution in [2.75, 3.05) is 38.6 Å². The topological polar surface area (TPSA) is 56.7 Å². The van der Waals surface area contributed by atoms with Crippen molar-refractivity contribution >= 4 is 11.7 Å². The number of aromatic carboxylic acids is 1. The van der Waals surface area contributed by atoms with Crippen molar-refractivity contribution in [3.8, 4) is 0 Å². The van der Waals surface area contributed by atoms with Gasteiger partial charge in [-0.1, -0.05) is 0 Å². The number of likely N-dealkylation sites (tertiary alicyclic amines) is 1. The number of hydrogen-bond donors (Lipinski definition) is 1. The molecule has 0 unspecified atom stereocenters. The Morgan fingerprint density at radius 1 is 1.53 bits per heavy atom. The normalized spacial score (nSPS) is 17.4. The Morgan fingerprint density at radius 3 is 2.84 bits per heavy atom. The van der Waals surface area contributed by atoms with Crippen LogP contribution in [0.4, 0.5) is 5.69 Å². The molecule has 19 heavy (non-hydrogen) atoms. The van der Waals surface area contributed by atoms with Crippen molar-refractivity contribution in [3.63, 3.8) is 0 Å². The van der Waals surface area contributed by atoms with Gasteiger partial charge in [0.2, 0.25) is 0 Å². The molecule has 1 N–H and O–H groups in total. The fourth-order valence-electron chi connectivity index (χ4n) is 2.60. The van der Waals surface area contributed by atoms with Gasteiger partial charge in [0, 0.05) is 19.8 Å². The van der Waals surface area contributed by atoms with Gasteiger partial charge in [0.25, 0.3) is 0 Å². The van der Waals surface area contributed by atoms with Crippen molar-refractivity contribution in [1.82, 2.24) is 9.88 Å². The van der Waals surface area contributed by atoms with E-state index in [1.165, 1.54) is 19.0 Å². The van der Waals surface area contributed by atoms with Crippen LogP contribution in [-0.2, 0) is 0 Å². The number of carbonyl (C=O) groups is 1. The molecule has 1 aromatic heterocycles. The first-order valence-corrected chi connectivity index (χ1v) is 6.65. The van der Waals surface area contributed by atoms with Crippen LogP contribution in [0.1, 0.15) is 23.2 Å². The maximum Gasteiger partial charge on any atom is 0.337 e. The number of carboxylic acid groups (broad SMARTS) is 1. The maximum atomic E-state index is 11.2. The van der Waals surface area contributed by atoms with Crippen LogP contribution in [0.3, 0.4) is 0 Å². The van der Waals surface area contributed by atoms with E-state index in [2.05, 4.69) is 16.9 Å². The zero-order chi connectivity index (χ0) is 13.8. The molecular formula is C14H21N3O2. The van der Waals surface area contributed by atoms with E-state index in [9.17, 15) is 9.90 Å². The minimum absolute atomic E-state index is 0.324. The number of pyridine rings is 1. The summed E-state index contributed by atoms with van der Waals surface area (Å²) in [5.41, 5.74) is 1.03. The molecule has 0 bridgehead atoms. The van der Waals surface area contributed by atoms with Crippen molar-refractivity contribution in [2.24, 2.45) is 5.92 Å². The van der Waals surface area contributed by atoms with Crippen LogP contribution in [-0.4, -0.2) is 54.7 Å². The van der Waals surface area contributed by atoms with Gasteiger partial charge in [0.15, 0.2) is 0 Å². The minimum atomic E-state index is -0.896. The second-order valence-electron chi connectivity index (χ2n) is 5.33. The number of anilines is 1. The van der Waals surface area contributed by atoms with Crippen molar-refractivity contribution in [3.05, 3.63) is 24.0 Å². The number of aromatic nitrogens is 1. The highest BCUT2D eigenvalue weighted by Crippen LogP contribution is 2.22. The zero-order valence-electron chi connectivity index (χ0n) is 11.5. The lowest BCUT2D eigenvalue weighted by molar-refractivity contribution is 0.0697. The van der Waals surface area contributed by atoms with Crippen molar-refractivity contribution in [2.45, 2.75) is 12.8 Å². The second-order valence-corrected chi connectivity index (χ2v) is 5.33. The van der Waals surface area contributed by atoms with Crippen LogP contribution < -0.4 is 4.90 Å².